The van der Waals surface area contributed by atoms with E-state index in [1.807, 2.05) is 6.92 Å². The third-order valence-corrected chi connectivity index (χ3v) is 3.83. The molecule has 100 valence electrons. The highest BCUT2D eigenvalue weighted by molar-refractivity contribution is 7.89. The van der Waals surface area contributed by atoms with Crippen molar-refractivity contribution in [2.24, 2.45) is 0 Å². The van der Waals surface area contributed by atoms with Gasteiger partial charge in [0.05, 0.1) is 9.82 Å². The van der Waals surface area contributed by atoms with Crippen LogP contribution in [0.3, 0.4) is 0 Å². The first kappa shape index (κ1) is 14.6. The van der Waals surface area contributed by atoms with Gasteiger partial charge < -0.3 is 5.32 Å². The highest BCUT2D eigenvalue weighted by Gasteiger charge is 2.17. The molecule has 0 aliphatic heterocycles. The Morgan fingerprint density at radius 3 is 2.67 bits per heavy atom. The number of likely N-dealkylation sites (N-methyl/N-ethyl adjacent to an activating group) is 1. The number of rotatable bonds is 6. The number of hydrogen-bond donors (Lipinski definition) is 2. The van der Waals surface area contributed by atoms with E-state index in [-0.39, 0.29) is 23.2 Å². The number of nitro benzene ring substituents is 1. The van der Waals surface area contributed by atoms with Gasteiger partial charge in [-0.3, -0.25) is 10.1 Å². The molecular formula is C10H15N3O4S. The molecular weight excluding hydrogens is 258 g/mol. The SMILES string of the molecule is CNC(C)CNS(=O)(=O)c1cccc([N+](=O)[O-])c1. The van der Waals surface area contributed by atoms with Crippen molar-refractivity contribution in [1.82, 2.24) is 10.0 Å². The van der Waals surface area contributed by atoms with Crippen LogP contribution < -0.4 is 10.0 Å². The average Bonchev–Trinajstić information content (AvgIpc) is 2.36. The van der Waals surface area contributed by atoms with Gasteiger partial charge in [0.1, 0.15) is 0 Å². The molecule has 1 rings (SSSR count). The van der Waals surface area contributed by atoms with E-state index >= 15 is 0 Å². The van der Waals surface area contributed by atoms with Crippen molar-refractivity contribution in [3.63, 3.8) is 0 Å². The van der Waals surface area contributed by atoms with E-state index in [4.69, 9.17) is 0 Å². The summed E-state index contributed by atoms with van der Waals surface area (Å²) in [6.45, 7) is 2.03. The molecule has 0 saturated heterocycles. The van der Waals surface area contributed by atoms with Gasteiger partial charge in [0.2, 0.25) is 10.0 Å². The highest BCUT2D eigenvalue weighted by Crippen LogP contribution is 2.16. The zero-order chi connectivity index (χ0) is 13.8. The molecule has 0 amide bonds. The summed E-state index contributed by atoms with van der Waals surface area (Å²) < 4.78 is 26.1. The predicted octanol–water partition coefficient (Wildman–Crippen LogP) is 0.481. The van der Waals surface area contributed by atoms with Crippen molar-refractivity contribution >= 4 is 15.7 Å². The minimum Gasteiger partial charge on any atom is -0.316 e. The third-order valence-electron chi connectivity index (χ3n) is 2.41. The Morgan fingerprint density at radius 2 is 2.11 bits per heavy atom. The Labute approximate surface area is 105 Å². The molecule has 1 unspecified atom stereocenters. The van der Waals surface area contributed by atoms with E-state index in [0.717, 1.165) is 6.07 Å². The van der Waals surface area contributed by atoms with E-state index in [1.165, 1.54) is 18.2 Å². The van der Waals surface area contributed by atoms with E-state index in [9.17, 15) is 18.5 Å². The summed E-state index contributed by atoms with van der Waals surface area (Å²) in [7, 11) is -2.00. The van der Waals surface area contributed by atoms with Crippen LogP contribution in [0, 0.1) is 10.1 Å². The third kappa shape index (κ3) is 3.76. The number of non-ortho nitro benzene ring substituents is 1. The fraction of sp³-hybridized carbons (Fsp3) is 0.400. The lowest BCUT2D eigenvalue weighted by Gasteiger charge is -2.11. The van der Waals surface area contributed by atoms with Gasteiger partial charge in [0.15, 0.2) is 0 Å². The maximum atomic E-state index is 11.9. The molecule has 0 saturated carbocycles. The molecule has 18 heavy (non-hydrogen) atoms. The van der Waals surface area contributed by atoms with Crippen LogP contribution in [0.25, 0.3) is 0 Å². The first-order valence-corrected chi connectivity index (χ1v) is 6.76. The Bertz CT molecular complexity index is 530. The summed E-state index contributed by atoms with van der Waals surface area (Å²) >= 11 is 0. The molecule has 1 atom stereocenters. The van der Waals surface area contributed by atoms with Gasteiger partial charge in [-0.05, 0) is 20.0 Å². The maximum absolute atomic E-state index is 11.9. The quantitative estimate of drug-likeness (QED) is 0.580. The summed E-state index contributed by atoms with van der Waals surface area (Å²) in [6.07, 6.45) is 0. The fourth-order valence-corrected chi connectivity index (χ4v) is 2.35. The Hall–Kier alpha value is -1.51. The molecule has 1 aromatic carbocycles. The second-order valence-corrected chi connectivity index (χ2v) is 5.56. The van der Waals surface area contributed by atoms with E-state index in [0.29, 0.717) is 0 Å². The number of nitro groups is 1. The molecule has 0 heterocycles. The molecule has 0 bridgehead atoms. The lowest BCUT2D eigenvalue weighted by atomic mass is 10.3. The summed E-state index contributed by atoms with van der Waals surface area (Å²) in [4.78, 5) is 9.83. The number of nitrogens with zero attached hydrogens (tertiary/aromatic N) is 1. The van der Waals surface area contributed by atoms with Crippen molar-refractivity contribution in [2.75, 3.05) is 13.6 Å². The van der Waals surface area contributed by atoms with Gasteiger partial charge in [0.25, 0.3) is 5.69 Å². The fourth-order valence-electron chi connectivity index (χ4n) is 1.18. The van der Waals surface area contributed by atoms with E-state index < -0.39 is 14.9 Å². The molecule has 0 aromatic heterocycles. The Kier molecular flexibility index (Phi) is 4.76. The van der Waals surface area contributed by atoms with Crippen LogP contribution in [-0.4, -0.2) is 33.0 Å². The molecule has 0 spiro atoms. The van der Waals surface area contributed by atoms with Crippen LogP contribution in [0.5, 0.6) is 0 Å². The topological polar surface area (TPSA) is 101 Å². The normalized spacial score (nSPS) is 13.2. The summed E-state index contributed by atoms with van der Waals surface area (Å²) in [5.74, 6) is 0. The van der Waals surface area contributed by atoms with Gasteiger partial charge >= 0.3 is 0 Å². The molecule has 7 nitrogen and oxygen atoms in total. The van der Waals surface area contributed by atoms with Gasteiger partial charge in [0, 0.05) is 24.7 Å². The number of sulfonamides is 1. The lowest BCUT2D eigenvalue weighted by molar-refractivity contribution is -0.385. The standard InChI is InChI=1S/C10H15N3O4S/c1-8(11-2)7-12-18(16,17)10-5-3-4-9(6-10)13(14)15/h3-6,8,11-12H,7H2,1-2H3. The number of hydrogen-bond acceptors (Lipinski definition) is 5. The first-order chi connectivity index (χ1) is 8.36. The van der Waals surface area contributed by atoms with Crippen LogP contribution >= 0.6 is 0 Å². The maximum Gasteiger partial charge on any atom is 0.270 e. The number of nitrogens with one attached hydrogen (secondary N) is 2. The van der Waals surface area contributed by atoms with Crippen molar-refractivity contribution in [3.05, 3.63) is 34.4 Å². The molecule has 2 N–H and O–H groups in total. The van der Waals surface area contributed by atoms with Crippen LogP contribution in [0.2, 0.25) is 0 Å². The van der Waals surface area contributed by atoms with Gasteiger partial charge in [-0.1, -0.05) is 6.07 Å². The van der Waals surface area contributed by atoms with E-state index in [1.54, 1.807) is 7.05 Å². The second-order valence-electron chi connectivity index (χ2n) is 3.80. The Morgan fingerprint density at radius 1 is 1.44 bits per heavy atom. The van der Waals surface area contributed by atoms with Crippen LogP contribution in [0.1, 0.15) is 6.92 Å². The zero-order valence-electron chi connectivity index (χ0n) is 10.1. The zero-order valence-corrected chi connectivity index (χ0v) is 10.9. The van der Waals surface area contributed by atoms with Gasteiger partial charge in [-0.15, -0.1) is 0 Å². The van der Waals surface area contributed by atoms with Crippen molar-refractivity contribution in [1.29, 1.82) is 0 Å². The summed E-state index contributed by atoms with van der Waals surface area (Å²) in [5, 5.41) is 13.5. The first-order valence-electron chi connectivity index (χ1n) is 5.28. The predicted molar refractivity (Wildman–Crippen MR) is 66.8 cm³/mol. The molecule has 0 radical (unpaired) electrons. The molecule has 0 aliphatic rings. The van der Waals surface area contributed by atoms with Crippen LogP contribution in [0.4, 0.5) is 5.69 Å². The van der Waals surface area contributed by atoms with Crippen molar-refractivity contribution in [2.45, 2.75) is 17.9 Å². The van der Waals surface area contributed by atoms with Crippen LogP contribution in [-0.2, 0) is 10.0 Å². The van der Waals surface area contributed by atoms with Crippen LogP contribution in [0.15, 0.2) is 29.2 Å². The van der Waals surface area contributed by atoms with Gasteiger partial charge in [-0.25, -0.2) is 13.1 Å². The molecule has 0 aliphatic carbocycles. The molecule has 0 fully saturated rings. The van der Waals surface area contributed by atoms with E-state index in [2.05, 4.69) is 10.0 Å². The molecule has 1 aromatic rings. The van der Waals surface area contributed by atoms with Crippen molar-refractivity contribution < 1.29 is 13.3 Å². The Balaban J connectivity index is 2.91. The van der Waals surface area contributed by atoms with Crippen molar-refractivity contribution in [3.8, 4) is 0 Å². The largest absolute Gasteiger partial charge is 0.316 e. The summed E-state index contributed by atoms with van der Waals surface area (Å²) in [5.41, 5.74) is -0.250. The second kappa shape index (κ2) is 5.89. The average molecular weight is 273 g/mol. The molecule has 8 heteroatoms. The monoisotopic (exact) mass is 273 g/mol. The minimum absolute atomic E-state index is 0.0292. The lowest BCUT2D eigenvalue weighted by Crippen LogP contribution is -2.37. The smallest absolute Gasteiger partial charge is 0.270 e. The highest BCUT2D eigenvalue weighted by atomic mass is 32.2. The minimum atomic E-state index is -3.72. The summed E-state index contributed by atoms with van der Waals surface area (Å²) in [6, 6.07) is 4.91. The van der Waals surface area contributed by atoms with Gasteiger partial charge in [-0.2, -0.15) is 0 Å². The number of benzene rings is 1.